The van der Waals surface area contributed by atoms with Crippen LogP contribution in [0, 0.1) is 5.82 Å². The highest BCUT2D eigenvalue weighted by Gasteiger charge is 2.34. The predicted molar refractivity (Wildman–Crippen MR) is 126 cm³/mol. The van der Waals surface area contributed by atoms with Crippen molar-refractivity contribution in [2.75, 3.05) is 11.4 Å². The molecule has 3 heterocycles. The number of amides is 1. The molecule has 0 aliphatic carbocycles. The Balaban J connectivity index is 1.46. The van der Waals surface area contributed by atoms with Crippen LogP contribution in [0.15, 0.2) is 61.1 Å². The molecule has 1 aliphatic heterocycles. The molecule has 7 nitrogen and oxygen atoms in total. The maximum Gasteiger partial charge on any atom is 0.416 e. The number of benzene rings is 2. The molecule has 0 unspecified atom stereocenters. The number of carbonyl (C=O) groups is 1. The first-order valence-corrected chi connectivity index (χ1v) is 11.4. The normalized spacial score (nSPS) is 12.9. The van der Waals surface area contributed by atoms with Gasteiger partial charge in [0.25, 0.3) is 5.91 Å². The number of pyridine rings is 1. The van der Waals surface area contributed by atoms with Crippen LogP contribution in [0.25, 0.3) is 11.4 Å². The average Bonchev–Trinajstić information content (AvgIpc) is 3.33. The van der Waals surface area contributed by atoms with Gasteiger partial charge in [-0.25, -0.2) is 24.3 Å². The summed E-state index contributed by atoms with van der Waals surface area (Å²) in [6, 6.07) is 10.2. The fourth-order valence-electron chi connectivity index (χ4n) is 4.03. The monoisotopic (exact) mass is 509 g/mol. The number of carbonyl (C=O) groups excluding carboxylic acids is 1. The van der Waals surface area contributed by atoms with Crippen LogP contribution in [0.2, 0.25) is 0 Å². The van der Waals surface area contributed by atoms with E-state index >= 15 is 0 Å². The van der Waals surface area contributed by atoms with Gasteiger partial charge in [-0.3, -0.25) is 4.79 Å². The van der Waals surface area contributed by atoms with E-state index in [9.17, 15) is 22.4 Å². The molecule has 11 heteroatoms. The third-order valence-corrected chi connectivity index (χ3v) is 5.89. The third kappa shape index (κ3) is 4.84. The van der Waals surface area contributed by atoms with Gasteiger partial charge in [-0.2, -0.15) is 13.2 Å². The highest BCUT2D eigenvalue weighted by atomic mass is 19.4. The summed E-state index contributed by atoms with van der Waals surface area (Å²) in [6.07, 6.45) is -0.734. The van der Waals surface area contributed by atoms with Crippen molar-refractivity contribution in [3.05, 3.63) is 89.4 Å². The maximum absolute atomic E-state index is 14.8. The average molecular weight is 509 g/mol. The molecule has 5 rings (SSSR count). The molecule has 0 saturated heterocycles. The standard InChI is InChI=1S/C26H19F4N5O2/c1-2-22-32-14-33-23(34-22)18-4-3-10-31-24(18)37-17-7-8-20(27)19(13-17)25(36)35-11-9-15-5-6-16(12-21(15)35)26(28,29)30/h3-8,10,12-14H,2,9,11H2,1H3. The van der Waals surface area contributed by atoms with Gasteiger partial charge in [-0.15, -0.1) is 0 Å². The summed E-state index contributed by atoms with van der Waals surface area (Å²) in [5, 5.41) is 0. The zero-order valence-corrected chi connectivity index (χ0v) is 19.5. The maximum atomic E-state index is 14.8. The Hall–Kier alpha value is -4.41. The number of anilines is 1. The van der Waals surface area contributed by atoms with Crippen LogP contribution in [0.5, 0.6) is 11.6 Å². The summed E-state index contributed by atoms with van der Waals surface area (Å²) in [6.45, 7) is 2.03. The minimum absolute atomic E-state index is 0.109. The minimum atomic E-state index is -4.57. The Labute approximate surface area is 208 Å². The summed E-state index contributed by atoms with van der Waals surface area (Å²) >= 11 is 0. The molecule has 0 bridgehead atoms. The summed E-state index contributed by atoms with van der Waals surface area (Å²) in [4.78, 5) is 31.3. The van der Waals surface area contributed by atoms with E-state index in [-0.39, 0.29) is 29.4 Å². The highest BCUT2D eigenvalue weighted by Crippen LogP contribution is 2.37. The van der Waals surface area contributed by atoms with E-state index in [0.717, 1.165) is 23.1 Å². The van der Waals surface area contributed by atoms with Crippen molar-refractivity contribution >= 4 is 11.6 Å². The van der Waals surface area contributed by atoms with Crippen molar-refractivity contribution in [3.8, 4) is 23.0 Å². The summed E-state index contributed by atoms with van der Waals surface area (Å²) < 4.78 is 60.3. The molecule has 188 valence electrons. The van der Waals surface area contributed by atoms with Crippen molar-refractivity contribution in [2.24, 2.45) is 0 Å². The third-order valence-electron chi connectivity index (χ3n) is 5.89. The Morgan fingerprint density at radius 2 is 1.92 bits per heavy atom. The molecule has 2 aromatic carbocycles. The lowest BCUT2D eigenvalue weighted by molar-refractivity contribution is -0.137. The lowest BCUT2D eigenvalue weighted by Gasteiger charge is -2.19. The van der Waals surface area contributed by atoms with Crippen molar-refractivity contribution in [1.82, 2.24) is 19.9 Å². The van der Waals surface area contributed by atoms with Gasteiger partial charge in [0.05, 0.1) is 16.7 Å². The van der Waals surface area contributed by atoms with Crippen molar-refractivity contribution in [3.63, 3.8) is 0 Å². The van der Waals surface area contributed by atoms with Gasteiger partial charge in [-0.05, 0) is 54.4 Å². The topological polar surface area (TPSA) is 81.1 Å². The molecule has 37 heavy (non-hydrogen) atoms. The Morgan fingerprint density at radius 1 is 1.08 bits per heavy atom. The van der Waals surface area contributed by atoms with Crippen LogP contribution < -0.4 is 9.64 Å². The number of ether oxygens (including phenoxy) is 1. The Kier molecular flexibility index (Phi) is 6.28. The van der Waals surface area contributed by atoms with E-state index in [1.807, 2.05) is 6.92 Å². The van der Waals surface area contributed by atoms with E-state index in [1.165, 1.54) is 30.7 Å². The molecular weight excluding hydrogens is 490 g/mol. The van der Waals surface area contributed by atoms with Crippen LogP contribution in [-0.2, 0) is 19.0 Å². The number of alkyl halides is 3. The molecule has 4 aromatic rings. The van der Waals surface area contributed by atoms with Gasteiger partial charge >= 0.3 is 6.18 Å². The van der Waals surface area contributed by atoms with E-state index < -0.39 is 23.5 Å². The number of nitrogens with zero attached hydrogens (tertiary/aromatic N) is 5. The number of hydrogen-bond donors (Lipinski definition) is 0. The lowest BCUT2D eigenvalue weighted by Crippen LogP contribution is -2.29. The molecular formula is C26H19F4N5O2. The molecule has 1 amide bonds. The van der Waals surface area contributed by atoms with E-state index in [1.54, 1.807) is 12.1 Å². The van der Waals surface area contributed by atoms with Gasteiger partial charge in [-0.1, -0.05) is 13.0 Å². The molecule has 0 N–H and O–H groups in total. The second kappa shape index (κ2) is 9.57. The van der Waals surface area contributed by atoms with Gasteiger partial charge < -0.3 is 9.64 Å². The first-order valence-electron chi connectivity index (χ1n) is 11.4. The molecule has 0 spiro atoms. The van der Waals surface area contributed by atoms with Crippen LogP contribution in [0.3, 0.4) is 0 Å². The van der Waals surface area contributed by atoms with Crippen LogP contribution in [0.1, 0.15) is 34.2 Å². The van der Waals surface area contributed by atoms with Crippen molar-refractivity contribution in [1.29, 1.82) is 0 Å². The minimum Gasteiger partial charge on any atom is -0.438 e. The molecule has 0 saturated carbocycles. The summed E-state index contributed by atoms with van der Waals surface area (Å²) in [5.74, 6) is -0.451. The zero-order valence-electron chi connectivity index (χ0n) is 19.5. The first-order chi connectivity index (χ1) is 17.7. The van der Waals surface area contributed by atoms with Crippen LogP contribution >= 0.6 is 0 Å². The lowest BCUT2D eigenvalue weighted by atomic mass is 10.1. The number of hydrogen-bond acceptors (Lipinski definition) is 6. The molecule has 1 aliphatic rings. The molecule has 0 atom stereocenters. The number of halogens is 4. The largest absolute Gasteiger partial charge is 0.438 e. The molecule has 2 aromatic heterocycles. The van der Waals surface area contributed by atoms with Crippen LogP contribution in [0.4, 0.5) is 23.2 Å². The van der Waals surface area contributed by atoms with Gasteiger partial charge in [0.1, 0.15) is 23.7 Å². The molecule has 0 fully saturated rings. The van der Waals surface area contributed by atoms with E-state index in [0.29, 0.717) is 35.6 Å². The van der Waals surface area contributed by atoms with E-state index in [2.05, 4.69) is 19.9 Å². The smallest absolute Gasteiger partial charge is 0.416 e. The number of rotatable bonds is 5. The van der Waals surface area contributed by atoms with Gasteiger partial charge in [0, 0.05) is 24.8 Å². The van der Waals surface area contributed by atoms with Crippen LogP contribution in [-0.4, -0.2) is 32.4 Å². The number of fused-ring (bicyclic) bond motifs is 1. The molecule has 0 radical (unpaired) electrons. The summed E-state index contributed by atoms with van der Waals surface area (Å²) in [7, 11) is 0. The second-order valence-electron chi connectivity index (χ2n) is 8.23. The Morgan fingerprint density at radius 3 is 2.70 bits per heavy atom. The highest BCUT2D eigenvalue weighted by molar-refractivity contribution is 6.07. The van der Waals surface area contributed by atoms with Crippen molar-refractivity contribution in [2.45, 2.75) is 25.9 Å². The SMILES string of the molecule is CCc1ncnc(-c2cccnc2Oc2ccc(F)c(C(=O)N3CCc4ccc(C(F)(F)F)cc43)c2)n1. The summed E-state index contributed by atoms with van der Waals surface area (Å²) in [5.41, 5.74) is -0.0652. The van der Waals surface area contributed by atoms with E-state index in [4.69, 9.17) is 4.74 Å². The quantitative estimate of drug-likeness (QED) is 0.324. The fraction of sp³-hybridized carbons (Fsp3) is 0.192. The number of aryl methyl sites for hydroxylation is 1. The number of aromatic nitrogens is 4. The first kappa shape index (κ1) is 24.3. The van der Waals surface area contributed by atoms with Gasteiger partial charge in [0.2, 0.25) is 5.88 Å². The Bertz CT molecular complexity index is 1490. The predicted octanol–water partition coefficient (Wildman–Crippen LogP) is 5.65. The van der Waals surface area contributed by atoms with Gasteiger partial charge in [0.15, 0.2) is 5.82 Å². The van der Waals surface area contributed by atoms with Crippen molar-refractivity contribution < 1.29 is 27.1 Å². The zero-order chi connectivity index (χ0) is 26.2. The fourth-order valence-corrected chi connectivity index (χ4v) is 4.03. The second-order valence-corrected chi connectivity index (χ2v) is 8.23.